The van der Waals surface area contributed by atoms with Crippen molar-refractivity contribution in [3.8, 4) is 0 Å². The molecule has 1 N–H and O–H groups in total. The zero-order chi connectivity index (χ0) is 24.3. The number of aryl methyl sites for hydroxylation is 1. The lowest BCUT2D eigenvalue weighted by atomic mass is 10.0. The quantitative estimate of drug-likeness (QED) is 0.374. The van der Waals surface area contributed by atoms with Gasteiger partial charge < -0.3 is 10.2 Å². The Labute approximate surface area is 211 Å². The van der Waals surface area contributed by atoms with Gasteiger partial charge in [0.25, 0.3) is 0 Å². The van der Waals surface area contributed by atoms with E-state index < -0.39 is 6.04 Å². The molecule has 3 aromatic rings. The Hall–Kier alpha value is -2.76. The fraction of sp³-hybridized carbons (Fsp3) is 0.286. The second-order valence-corrected chi connectivity index (χ2v) is 9.66. The van der Waals surface area contributed by atoms with Crippen molar-refractivity contribution in [2.75, 3.05) is 12.3 Å². The zero-order valence-corrected chi connectivity index (χ0v) is 21.2. The number of benzene rings is 3. The maximum atomic E-state index is 13.5. The second kappa shape index (κ2) is 13.2. The van der Waals surface area contributed by atoms with Gasteiger partial charge in [-0.25, -0.2) is 0 Å². The molecule has 3 aromatic carbocycles. The molecule has 2 amide bonds. The van der Waals surface area contributed by atoms with Gasteiger partial charge >= 0.3 is 0 Å². The summed E-state index contributed by atoms with van der Waals surface area (Å²) in [7, 11) is 0. The number of nitrogens with zero attached hydrogens (tertiary/aromatic N) is 1. The van der Waals surface area contributed by atoms with Crippen LogP contribution in [-0.4, -0.2) is 35.1 Å². The van der Waals surface area contributed by atoms with E-state index in [1.54, 1.807) is 22.7 Å². The summed E-state index contributed by atoms with van der Waals surface area (Å²) in [5.41, 5.74) is 4.29. The summed E-state index contributed by atoms with van der Waals surface area (Å²) in [5, 5.41) is 3.53. The molecule has 34 heavy (non-hydrogen) atoms. The highest BCUT2D eigenvalue weighted by Crippen LogP contribution is 2.20. The number of rotatable bonds is 11. The van der Waals surface area contributed by atoms with Crippen LogP contribution in [0.5, 0.6) is 0 Å². The zero-order valence-electron chi connectivity index (χ0n) is 19.7. The first-order valence-electron chi connectivity index (χ1n) is 11.4. The van der Waals surface area contributed by atoms with Crippen LogP contribution in [0.3, 0.4) is 0 Å². The van der Waals surface area contributed by atoms with Crippen molar-refractivity contribution in [1.29, 1.82) is 0 Å². The number of carbonyl (C=O) groups is 2. The van der Waals surface area contributed by atoms with Crippen LogP contribution in [-0.2, 0) is 28.3 Å². The lowest BCUT2D eigenvalue weighted by Crippen LogP contribution is -2.51. The van der Waals surface area contributed by atoms with Crippen LogP contribution >= 0.6 is 23.4 Å². The van der Waals surface area contributed by atoms with E-state index in [4.69, 9.17) is 11.6 Å². The van der Waals surface area contributed by atoms with Crippen LogP contribution in [0.4, 0.5) is 0 Å². The normalized spacial score (nSPS) is 11.6. The van der Waals surface area contributed by atoms with Crippen molar-refractivity contribution in [2.24, 2.45) is 0 Å². The Morgan fingerprint density at radius 1 is 0.941 bits per heavy atom. The van der Waals surface area contributed by atoms with Gasteiger partial charge in [-0.1, -0.05) is 83.9 Å². The lowest BCUT2D eigenvalue weighted by Gasteiger charge is -2.31. The summed E-state index contributed by atoms with van der Waals surface area (Å²) in [6.45, 7) is 4.77. The minimum atomic E-state index is -0.617. The van der Waals surface area contributed by atoms with E-state index in [0.717, 1.165) is 16.9 Å². The molecule has 178 valence electrons. The van der Waals surface area contributed by atoms with E-state index >= 15 is 0 Å². The molecular formula is C28H31ClN2O2S. The predicted molar refractivity (Wildman–Crippen MR) is 142 cm³/mol. The van der Waals surface area contributed by atoms with Crippen molar-refractivity contribution >= 4 is 35.2 Å². The highest BCUT2D eigenvalue weighted by molar-refractivity contribution is 7.99. The number of nitrogens with one attached hydrogen (secondary N) is 1. The number of hydrogen-bond donors (Lipinski definition) is 1. The average molecular weight is 495 g/mol. The van der Waals surface area contributed by atoms with Crippen molar-refractivity contribution in [2.45, 2.75) is 38.6 Å². The molecular weight excluding hydrogens is 464 g/mol. The highest BCUT2D eigenvalue weighted by atomic mass is 35.5. The third-order valence-electron chi connectivity index (χ3n) is 5.44. The molecule has 0 saturated carbocycles. The number of hydrogen-bond acceptors (Lipinski definition) is 3. The molecule has 0 saturated heterocycles. The molecule has 0 aliphatic rings. The summed E-state index contributed by atoms with van der Waals surface area (Å²) in [4.78, 5) is 28.4. The van der Waals surface area contributed by atoms with Gasteiger partial charge in [-0.2, -0.15) is 0 Å². The average Bonchev–Trinajstić information content (AvgIpc) is 2.82. The fourth-order valence-corrected chi connectivity index (χ4v) is 4.89. The molecule has 4 nitrogen and oxygen atoms in total. The van der Waals surface area contributed by atoms with Gasteiger partial charge in [-0.3, -0.25) is 9.59 Å². The molecule has 6 heteroatoms. The fourth-order valence-electron chi connectivity index (χ4n) is 3.82. The van der Waals surface area contributed by atoms with E-state index in [1.807, 2.05) is 61.5 Å². The first-order chi connectivity index (χ1) is 16.5. The topological polar surface area (TPSA) is 49.4 Å². The maximum Gasteiger partial charge on any atom is 0.243 e. The van der Waals surface area contributed by atoms with Gasteiger partial charge in [0.15, 0.2) is 0 Å². The van der Waals surface area contributed by atoms with Crippen LogP contribution in [0.15, 0.2) is 78.9 Å². The summed E-state index contributed by atoms with van der Waals surface area (Å²) < 4.78 is 0. The first kappa shape index (κ1) is 25.9. The van der Waals surface area contributed by atoms with Crippen LogP contribution in [0.25, 0.3) is 0 Å². The maximum absolute atomic E-state index is 13.5. The lowest BCUT2D eigenvalue weighted by molar-refractivity contribution is -0.139. The van der Waals surface area contributed by atoms with Crippen LogP contribution < -0.4 is 5.32 Å². The number of amides is 2. The number of likely N-dealkylation sites (N-methyl/N-ethyl adjacent to an activating group) is 1. The Balaban J connectivity index is 1.82. The minimum Gasteiger partial charge on any atom is -0.355 e. The van der Waals surface area contributed by atoms with Crippen molar-refractivity contribution in [3.05, 3.63) is 106 Å². The van der Waals surface area contributed by atoms with Gasteiger partial charge in [0.1, 0.15) is 6.04 Å². The largest absolute Gasteiger partial charge is 0.355 e. The number of halogens is 1. The second-order valence-electron chi connectivity index (χ2n) is 8.23. The molecule has 0 aliphatic carbocycles. The van der Waals surface area contributed by atoms with Crippen LogP contribution in [0.2, 0.25) is 5.02 Å². The van der Waals surface area contributed by atoms with Gasteiger partial charge in [0.05, 0.1) is 5.75 Å². The Morgan fingerprint density at radius 2 is 1.65 bits per heavy atom. The van der Waals surface area contributed by atoms with Crippen molar-refractivity contribution in [3.63, 3.8) is 0 Å². The predicted octanol–water partition coefficient (Wildman–Crippen LogP) is 5.66. The summed E-state index contributed by atoms with van der Waals surface area (Å²) in [5.74, 6) is 0.817. The summed E-state index contributed by atoms with van der Waals surface area (Å²) >= 11 is 7.77. The van der Waals surface area contributed by atoms with E-state index in [2.05, 4.69) is 30.4 Å². The molecule has 0 radical (unpaired) electrons. The van der Waals surface area contributed by atoms with Crippen molar-refractivity contribution in [1.82, 2.24) is 10.2 Å². The molecule has 0 heterocycles. The molecule has 3 rings (SSSR count). The number of thioether (sulfide) groups is 1. The molecule has 0 unspecified atom stereocenters. The molecule has 0 spiro atoms. The van der Waals surface area contributed by atoms with E-state index in [1.165, 1.54) is 11.1 Å². The van der Waals surface area contributed by atoms with Gasteiger partial charge in [0.2, 0.25) is 11.8 Å². The van der Waals surface area contributed by atoms with Crippen LogP contribution in [0, 0.1) is 6.92 Å². The molecule has 0 bridgehead atoms. The Bertz CT molecular complexity index is 1090. The molecule has 0 fully saturated rings. The molecule has 0 aromatic heterocycles. The minimum absolute atomic E-state index is 0.0650. The van der Waals surface area contributed by atoms with Crippen LogP contribution in [0.1, 0.15) is 29.2 Å². The van der Waals surface area contributed by atoms with E-state index in [9.17, 15) is 9.59 Å². The van der Waals surface area contributed by atoms with Gasteiger partial charge in [-0.05, 0) is 42.7 Å². The Morgan fingerprint density at radius 3 is 2.35 bits per heavy atom. The molecule has 1 atom stereocenters. The monoisotopic (exact) mass is 494 g/mol. The SMILES string of the molecule is CCNC(=O)[C@@H](Cc1ccccc1)N(Cc1cccc(Cl)c1)C(=O)CSCc1cccc(C)c1. The standard InChI is InChI=1S/C28H31ClN2O2S/c1-3-30-28(33)26(17-22-10-5-4-6-11-22)31(18-23-12-8-14-25(29)16-23)27(32)20-34-19-24-13-7-9-21(2)15-24/h4-16,26H,3,17-20H2,1-2H3,(H,30,33)/t26-/m1/s1. The third-order valence-corrected chi connectivity index (χ3v) is 6.66. The molecule has 0 aliphatic heterocycles. The smallest absolute Gasteiger partial charge is 0.243 e. The van der Waals surface area contributed by atoms with Crippen molar-refractivity contribution < 1.29 is 9.59 Å². The third kappa shape index (κ3) is 7.93. The first-order valence-corrected chi connectivity index (χ1v) is 13.0. The highest BCUT2D eigenvalue weighted by Gasteiger charge is 2.30. The Kier molecular flexibility index (Phi) is 10.0. The van der Waals surface area contributed by atoms with Gasteiger partial charge in [0, 0.05) is 30.3 Å². The van der Waals surface area contributed by atoms with Gasteiger partial charge in [-0.15, -0.1) is 11.8 Å². The number of carbonyl (C=O) groups excluding carboxylic acids is 2. The summed E-state index contributed by atoms with van der Waals surface area (Å²) in [6.07, 6.45) is 0.446. The van der Waals surface area contributed by atoms with E-state index in [-0.39, 0.29) is 11.8 Å². The van der Waals surface area contributed by atoms with E-state index in [0.29, 0.717) is 30.3 Å². The summed E-state index contributed by atoms with van der Waals surface area (Å²) in [6, 6.07) is 25.0.